The number of aliphatic hydroxyl groups excluding tert-OH is 3. The third kappa shape index (κ3) is 5.65. The first-order valence-corrected chi connectivity index (χ1v) is 11.1. The highest BCUT2D eigenvalue weighted by molar-refractivity contribution is 5.89. The Morgan fingerprint density at radius 1 is 0.897 bits per heavy atom. The summed E-state index contributed by atoms with van der Waals surface area (Å²) in [5.41, 5.74) is -0.799. The van der Waals surface area contributed by atoms with Gasteiger partial charge in [0.2, 0.25) is 6.29 Å². The van der Waals surface area contributed by atoms with Crippen LogP contribution in [0.4, 0.5) is 0 Å². The lowest BCUT2D eigenvalue weighted by Crippen LogP contribution is -2.60. The van der Waals surface area contributed by atoms with Gasteiger partial charge in [-0.3, -0.25) is 9.59 Å². The number of ether oxygens (including phenoxy) is 3. The second-order valence-electron chi connectivity index (χ2n) is 8.52. The Morgan fingerprint density at radius 3 is 2.21 bits per heavy atom. The molecular weight excluding hydrogens is 528 g/mol. The standard InChI is InChI=1S/C24H22O15/c25-9-3-11(26)10-5-15(23(37-14(10)4-9)8-1-12(27)19(32)13(28)2-8)38-24-22(35)21(34)20(33)16(39-24)7-36-18(31)6-17(29)30/h1-5,16,20-22,24,26-28,32-35H,6-7H2,(H,29,30)/p-1/t16-,20-,21+,22-,24?/m1/s1. The van der Waals surface area contributed by atoms with Crippen molar-refractivity contribution >= 4 is 11.9 Å². The van der Waals surface area contributed by atoms with Crippen molar-refractivity contribution in [3.05, 3.63) is 40.6 Å². The molecular formula is C24H21O15-. The van der Waals surface area contributed by atoms with Gasteiger partial charge in [0.15, 0.2) is 34.2 Å². The van der Waals surface area contributed by atoms with E-state index in [1.807, 2.05) is 0 Å². The number of benzene rings is 2. The molecule has 1 fully saturated rings. The number of esters is 1. The average Bonchev–Trinajstić information content (AvgIpc) is 2.86. The monoisotopic (exact) mass is 549 g/mol. The maximum Gasteiger partial charge on any atom is 0.311 e. The molecule has 1 unspecified atom stereocenters. The van der Waals surface area contributed by atoms with Gasteiger partial charge in [-0.05, 0) is 18.2 Å². The molecule has 0 aromatic heterocycles. The summed E-state index contributed by atoms with van der Waals surface area (Å²) < 4.78 is 21.5. The van der Waals surface area contributed by atoms with Gasteiger partial charge < -0.3 is 64.3 Å². The minimum absolute atomic E-state index is 0.0563. The lowest BCUT2D eigenvalue weighted by molar-refractivity contribution is -0.305. The van der Waals surface area contributed by atoms with Crippen molar-refractivity contribution in [2.45, 2.75) is 37.1 Å². The Morgan fingerprint density at radius 2 is 1.56 bits per heavy atom. The number of aromatic hydroxyl groups is 4. The van der Waals surface area contributed by atoms with Crippen LogP contribution in [0.3, 0.4) is 0 Å². The summed E-state index contributed by atoms with van der Waals surface area (Å²) in [6, 6.07) is 4.97. The Balaban J connectivity index is 1.73. The molecule has 15 heteroatoms. The zero-order valence-electron chi connectivity index (χ0n) is 19.6. The summed E-state index contributed by atoms with van der Waals surface area (Å²) in [7, 11) is 0. The van der Waals surface area contributed by atoms with Crippen LogP contribution in [-0.2, 0) is 19.1 Å². The highest BCUT2D eigenvalue weighted by Crippen LogP contribution is 2.45. The van der Waals surface area contributed by atoms with E-state index in [9.17, 15) is 55.2 Å². The maximum atomic E-state index is 11.9. The van der Waals surface area contributed by atoms with E-state index < -0.39 is 84.1 Å². The molecule has 4 rings (SSSR count). The lowest BCUT2D eigenvalue weighted by atomic mass is 9.99. The van der Waals surface area contributed by atoms with E-state index in [-0.39, 0.29) is 28.4 Å². The second kappa shape index (κ2) is 10.7. The topological polar surface area (TPSA) is 257 Å². The number of hydrogen-bond acceptors (Lipinski definition) is 15. The van der Waals surface area contributed by atoms with E-state index >= 15 is 0 Å². The molecule has 2 heterocycles. The molecule has 1 aromatic rings. The normalized spacial score (nSPS) is 22.9. The van der Waals surface area contributed by atoms with E-state index in [1.165, 1.54) is 0 Å². The fraction of sp³-hybridized carbons (Fsp3) is 0.292. The number of carboxylic acids is 1. The Bertz CT molecular complexity index is 1410. The Hall–Kier alpha value is -4.57. The molecule has 0 amide bonds. The molecule has 208 valence electrons. The van der Waals surface area contributed by atoms with E-state index in [0.717, 1.165) is 30.3 Å². The number of aliphatic carboxylic acids is 1. The zero-order chi connectivity index (χ0) is 28.6. The van der Waals surface area contributed by atoms with Gasteiger partial charge in [-0.15, -0.1) is 0 Å². The molecule has 0 saturated carbocycles. The van der Waals surface area contributed by atoms with Gasteiger partial charge >= 0.3 is 5.97 Å². The van der Waals surface area contributed by atoms with Crippen molar-refractivity contribution in [3.8, 4) is 51.4 Å². The van der Waals surface area contributed by atoms with Gasteiger partial charge in [0.25, 0.3) is 0 Å². The van der Waals surface area contributed by atoms with E-state index in [4.69, 9.17) is 18.6 Å². The van der Waals surface area contributed by atoms with Crippen LogP contribution >= 0.6 is 0 Å². The number of carbonyl (C=O) groups is 2. The molecule has 0 bridgehead atoms. The minimum Gasteiger partial charge on any atom is -0.550 e. The van der Waals surface area contributed by atoms with Gasteiger partial charge in [0.05, 0.1) is 18.0 Å². The van der Waals surface area contributed by atoms with Gasteiger partial charge in [-0.25, -0.2) is 0 Å². The molecule has 1 aliphatic carbocycles. The van der Waals surface area contributed by atoms with Crippen molar-refractivity contribution in [1.82, 2.24) is 0 Å². The van der Waals surface area contributed by atoms with Crippen LogP contribution in [0.25, 0.3) is 22.6 Å². The number of carbonyl (C=O) groups excluding carboxylic acids is 2. The molecule has 2 aliphatic heterocycles. The average molecular weight is 549 g/mol. The highest BCUT2D eigenvalue weighted by Gasteiger charge is 2.46. The van der Waals surface area contributed by atoms with Crippen LogP contribution in [-0.4, -0.2) is 85.0 Å². The van der Waals surface area contributed by atoms with Gasteiger partial charge in [0.1, 0.15) is 42.5 Å². The minimum atomic E-state index is -1.92. The molecule has 7 N–H and O–H groups in total. The summed E-state index contributed by atoms with van der Waals surface area (Å²) in [5, 5.41) is 81.5. The second-order valence-corrected chi connectivity index (χ2v) is 8.52. The number of phenols is 4. The molecule has 39 heavy (non-hydrogen) atoms. The predicted octanol–water partition coefficient (Wildman–Crippen LogP) is -1.90. The van der Waals surface area contributed by atoms with Crippen molar-refractivity contribution in [2.75, 3.05) is 6.61 Å². The summed E-state index contributed by atoms with van der Waals surface area (Å²) in [4.78, 5) is 34.0. The molecule has 5 atom stereocenters. The maximum absolute atomic E-state index is 11.9. The number of phenolic OH excluding ortho intramolecular Hbond substituents is 4. The SMILES string of the molecule is O=C([O-])CC(=O)OC[C@H]1OC(Oc2cc3c(O)cc(=O)cc-3oc2-c2cc(O)c(O)c(O)c2)[C@H](O)[C@@H](O)[C@@H]1O. The number of fused-ring (bicyclic) bond motifs is 1. The Labute approximate surface area is 217 Å². The van der Waals surface area contributed by atoms with E-state index in [0.29, 0.717) is 0 Å². The molecule has 3 aliphatic rings. The predicted molar refractivity (Wildman–Crippen MR) is 122 cm³/mol. The van der Waals surface area contributed by atoms with Crippen LogP contribution < -0.4 is 15.3 Å². The van der Waals surface area contributed by atoms with Crippen LogP contribution in [0, 0.1) is 0 Å². The van der Waals surface area contributed by atoms with E-state index in [1.54, 1.807) is 0 Å². The smallest absolute Gasteiger partial charge is 0.311 e. The molecule has 1 saturated heterocycles. The summed E-state index contributed by atoms with van der Waals surface area (Å²) in [6.45, 7) is -0.751. The number of carboxylic acid groups (broad SMARTS) is 1. The molecule has 0 radical (unpaired) electrons. The zero-order valence-corrected chi connectivity index (χ0v) is 19.6. The van der Waals surface area contributed by atoms with Gasteiger partial charge in [-0.2, -0.15) is 0 Å². The first kappa shape index (κ1) is 27.5. The molecule has 0 spiro atoms. The number of aliphatic hydroxyl groups is 3. The Kier molecular flexibility index (Phi) is 7.51. The van der Waals surface area contributed by atoms with Gasteiger partial charge in [-0.1, -0.05) is 0 Å². The van der Waals surface area contributed by atoms with Crippen LogP contribution in [0.15, 0.2) is 39.5 Å². The van der Waals surface area contributed by atoms with Crippen molar-refractivity contribution in [3.63, 3.8) is 0 Å². The fourth-order valence-electron chi connectivity index (χ4n) is 3.82. The van der Waals surface area contributed by atoms with Crippen molar-refractivity contribution in [1.29, 1.82) is 0 Å². The first-order chi connectivity index (χ1) is 18.3. The quantitative estimate of drug-likeness (QED) is 0.0965. The van der Waals surface area contributed by atoms with Crippen LogP contribution in [0.1, 0.15) is 6.42 Å². The molecule has 1 aromatic carbocycles. The summed E-state index contributed by atoms with van der Waals surface area (Å²) >= 11 is 0. The van der Waals surface area contributed by atoms with Gasteiger partial charge in [0, 0.05) is 17.7 Å². The summed E-state index contributed by atoms with van der Waals surface area (Å²) in [5.74, 6) is -6.66. The van der Waals surface area contributed by atoms with Crippen LogP contribution in [0.5, 0.6) is 28.7 Å². The third-order valence-corrected chi connectivity index (χ3v) is 5.75. The lowest BCUT2D eigenvalue weighted by Gasteiger charge is -2.40. The van der Waals surface area contributed by atoms with E-state index in [2.05, 4.69) is 0 Å². The molecule has 15 nitrogen and oxygen atoms in total. The highest BCUT2D eigenvalue weighted by atomic mass is 16.7. The third-order valence-electron chi connectivity index (χ3n) is 5.75. The van der Waals surface area contributed by atoms with Crippen LogP contribution in [0.2, 0.25) is 0 Å². The summed E-state index contributed by atoms with van der Waals surface area (Å²) in [6.07, 6.45) is -10.0. The van der Waals surface area contributed by atoms with Crippen molar-refractivity contribution in [2.24, 2.45) is 0 Å². The van der Waals surface area contributed by atoms with Crippen molar-refractivity contribution < 1.29 is 69.1 Å². The largest absolute Gasteiger partial charge is 0.550 e. The fourth-order valence-corrected chi connectivity index (χ4v) is 3.82. The number of hydrogen-bond donors (Lipinski definition) is 7. The number of rotatable bonds is 7. The first-order valence-electron chi connectivity index (χ1n) is 11.1.